The van der Waals surface area contributed by atoms with E-state index in [1.165, 1.54) is 109 Å². The first-order chi connectivity index (χ1) is 25.5. The van der Waals surface area contributed by atoms with Crippen LogP contribution < -0.4 is 5.32 Å². The number of amides is 1. The topological polar surface area (TPSA) is 95.9 Å². The molecule has 0 rings (SSSR count). The molecule has 52 heavy (non-hydrogen) atoms. The molecule has 3 N–H and O–H groups in total. The van der Waals surface area contributed by atoms with Crippen molar-refractivity contribution in [3.63, 3.8) is 0 Å². The maximum atomic E-state index is 13.1. The number of carbonyl (C=O) groups excluding carboxylic acids is 2. The lowest BCUT2D eigenvalue weighted by Gasteiger charge is -2.24. The predicted molar refractivity (Wildman–Crippen MR) is 223 cm³/mol. The van der Waals surface area contributed by atoms with Gasteiger partial charge in [0.2, 0.25) is 5.91 Å². The molecule has 0 aromatic carbocycles. The first-order valence-corrected chi connectivity index (χ1v) is 22.6. The SMILES string of the molecule is CCC/C=C\CCCCCC(CC(=O)NC(CO)C(O)CCCCCCCCCCCCCCCC)OC(=O)CCCCCCC/C=C\CCCC. The molecule has 6 nitrogen and oxygen atoms in total. The number of ether oxygens (including phenoxy) is 1. The molecule has 0 fully saturated rings. The molecule has 306 valence electrons. The molecule has 0 aliphatic rings. The van der Waals surface area contributed by atoms with Crippen LogP contribution in [0.4, 0.5) is 0 Å². The Labute approximate surface area is 322 Å². The van der Waals surface area contributed by atoms with Crippen LogP contribution in [0.3, 0.4) is 0 Å². The predicted octanol–water partition coefficient (Wildman–Crippen LogP) is 12.8. The number of rotatable bonds is 40. The largest absolute Gasteiger partial charge is 0.462 e. The van der Waals surface area contributed by atoms with Crippen molar-refractivity contribution in [3.8, 4) is 0 Å². The molecule has 0 aromatic rings. The Morgan fingerprint density at radius 3 is 1.52 bits per heavy atom. The summed E-state index contributed by atoms with van der Waals surface area (Å²) in [6.07, 6.45) is 43.9. The molecule has 0 spiro atoms. The normalized spacial score (nSPS) is 13.6. The molecular weight excluding hydrogens is 647 g/mol. The molecule has 0 aliphatic carbocycles. The third-order valence-corrected chi connectivity index (χ3v) is 10.2. The molecule has 0 heterocycles. The number of nitrogens with one attached hydrogen (secondary N) is 1. The second kappa shape index (κ2) is 40.5. The average Bonchev–Trinajstić information content (AvgIpc) is 3.13. The molecule has 0 bridgehead atoms. The molecule has 1 amide bonds. The van der Waals surface area contributed by atoms with Gasteiger partial charge in [-0.25, -0.2) is 0 Å². The lowest BCUT2D eigenvalue weighted by Crippen LogP contribution is -2.46. The van der Waals surface area contributed by atoms with Crippen LogP contribution in [0.15, 0.2) is 24.3 Å². The first-order valence-electron chi connectivity index (χ1n) is 22.6. The van der Waals surface area contributed by atoms with Crippen molar-refractivity contribution >= 4 is 11.9 Å². The summed E-state index contributed by atoms with van der Waals surface area (Å²) >= 11 is 0. The lowest BCUT2D eigenvalue weighted by molar-refractivity contribution is -0.151. The van der Waals surface area contributed by atoms with Gasteiger partial charge in [-0.2, -0.15) is 0 Å². The molecular formula is C46H87NO5. The molecule has 0 aliphatic heterocycles. The second-order valence-corrected chi connectivity index (χ2v) is 15.4. The molecule has 0 saturated carbocycles. The monoisotopic (exact) mass is 734 g/mol. The minimum absolute atomic E-state index is 0.0655. The average molecular weight is 734 g/mol. The Morgan fingerprint density at radius 2 is 0.981 bits per heavy atom. The first kappa shape index (κ1) is 50.3. The van der Waals surface area contributed by atoms with Gasteiger partial charge >= 0.3 is 5.97 Å². The highest BCUT2D eigenvalue weighted by molar-refractivity contribution is 5.77. The molecule has 0 aromatic heterocycles. The van der Waals surface area contributed by atoms with Gasteiger partial charge in [0, 0.05) is 6.42 Å². The highest BCUT2D eigenvalue weighted by atomic mass is 16.5. The van der Waals surface area contributed by atoms with E-state index in [0.717, 1.165) is 77.0 Å². The van der Waals surface area contributed by atoms with Crippen molar-refractivity contribution in [1.82, 2.24) is 5.32 Å². The summed E-state index contributed by atoms with van der Waals surface area (Å²) in [5.74, 6) is -0.501. The zero-order chi connectivity index (χ0) is 38.2. The summed E-state index contributed by atoms with van der Waals surface area (Å²) in [7, 11) is 0. The minimum Gasteiger partial charge on any atom is -0.462 e. The van der Waals surface area contributed by atoms with Crippen molar-refractivity contribution in [2.24, 2.45) is 0 Å². The Hall–Kier alpha value is -1.66. The quantitative estimate of drug-likeness (QED) is 0.0331. The van der Waals surface area contributed by atoms with E-state index >= 15 is 0 Å². The summed E-state index contributed by atoms with van der Waals surface area (Å²) < 4.78 is 5.86. The fourth-order valence-electron chi connectivity index (χ4n) is 6.77. The van der Waals surface area contributed by atoms with Gasteiger partial charge < -0.3 is 20.3 Å². The van der Waals surface area contributed by atoms with Crippen LogP contribution in [-0.2, 0) is 14.3 Å². The number of unbranched alkanes of at least 4 members (excludes halogenated alkanes) is 24. The van der Waals surface area contributed by atoms with Crippen LogP contribution in [0.5, 0.6) is 0 Å². The third kappa shape index (κ3) is 35.4. The summed E-state index contributed by atoms with van der Waals surface area (Å²) in [6, 6.07) is -0.701. The summed E-state index contributed by atoms with van der Waals surface area (Å²) in [6.45, 7) is 6.36. The van der Waals surface area contributed by atoms with Crippen LogP contribution in [0.2, 0.25) is 0 Å². The van der Waals surface area contributed by atoms with E-state index in [0.29, 0.717) is 19.3 Å². The fraction of sp³-hybridized carbons (Fsp3) is 0.870. The zero-order valence-electron chi connectivity index (χ0n) is 34.7. The van der Waals surface area contributed by atoms with E-state index in [2.05, 4.69) is 50.4 Å². The summed E-state index contributed by atoms with van der Waals surface area (Å²) in [5.41, 5.74) is 0. The van der Waals surface area contributed by atoms with E-state index in [4.69, 9.17) is 4.74 Å². The zero-order valence-corrected chi connectivity index (χ0v) is 34.7. The third-order valence-electron chi connectivity index (χ3n) is 10.2. The Bertz CT molecular complexity index is 828. The molecule has 0 saturated heterocycles. The number of hydrogen-bond donors (Lipinski definition) is 3. The van der Waals surface area contributed by atoms with Crippen LogP contribution in [0.25, 0.3) is 0 Å². The van der Waals surface area contributed by atoms with Crippen LogP contribution in [0.1, 0.15) is 233 Å². The number of aliphatic hydroxyl groups excluding tert-OH is 2. The van der Waals surface area contributed by atoms with Gasteiger partial charge in [-0.1, -0.05) is 180 Å². The van der Waals surface area contributed by atoms with E-state index in [1.54, 1.807) is 0 Å². The van der Waals surface area contributed by atoms with E-state index < -0.39 is 18.2 Å². The standard InChI is InChI=1S/C46H87NO5/c1-4-7-10-13-16-19-21-22-23-25-26-29-32-35-38-44(49)43(41-48)47-45(50)40-42(37-34-31-28-18-15-12-9-6-3)52-46(51)39-36-33-30-27-24-20-17-14-11-8-5-2/h12,14-15,17,42-44,48-49H,4-11,13,16,18-41H2,1-3H3,(H,47,50)/b15-12-,17-14-. The van der Waals surface area contributed by atoms with Crippen molar-refractivity contribution in [3.05, 3.63) is 24.3 Å². The number of hydrogen-bond acceptors (Lipinski definition) is 5. The summed E-state index contributed by atoms with van der Waals surface area (Å²) in [4.78, 5) is 25.8. The Balaban J connectivity index is 4.47. The second-order valence-electron chi connectivity index (χ2n) is 15.4. The maximum absolute atomic E-state index is 13.1. The minimum atomic E-state index is -0.787. The molecule has 3 unspecified atom stereocenters. The van der Waals surface area contributed by atoms with Crippen LogP contribution >= 0.6 is 0 Å². The number of carbonyl (C=O) groups is 2. The van der Waals surface area contributed by atoms with Gasteiger partial charge in [-0.3, -0.25) is 9.59 Å². The Morgan fingerprint density at radius 1 is 0.538 bits per heavy atom. The molecule has 3 atom stereocenters. The molecule has 6 heteroatoms. The van der Waals surface area contributed by atoms with Crippen LogP contribution in [0, 0.1) is 0 Å². The van der Waals surface area contributed by atoms with Crippen molar-refractivity contribution in [2.75, 3.05) is 6.61 Å². The van der Waals surface area contributed by atoms with Gasteiger partial charge in [-0.15, -0.1) is 0 Å². The highest BCUT2D eigenvalue weighted by Gasteiger charge is 2.24. The van der Waals surface area contributed by atoms with Crippen molar-refractivity contribution < 1.29 is 24.5 Å². The van der Waals surface area contributed by atoms with Gasteiger partial charge in [0.1, 0.15) is 6.10 Å². The van der Waals surface area contributed by atoms with Crippen LogP contribution in [-0.4, -0.2) is 46.9 Å². The van der Waals surface area contributed by atoms with Gasteiger partial charge in [-0.05, 0) is 64.2 Å². The fourth-order valence-corrected chi connectivity index (χ4v) is 6.77. The van der Waals surface area contributed by atoms with E-state index in [1.807, 2.05) is 0 Å². The maximum Gasteiger partial charge on any atom is 0.306 e. The lowest BCUT2D eigenvalue weighted by atomic mass is 10.0. The van der Waals surface area contributed by atoms with Crippen molar-refractivity contribution in [1.29, 1.82) is 0 Å². The number of esters is 1. The number of aliphatic hydroxyl groups is 2. The highest BCUT2D eigenvalue weighted by Crippen LogP contribution is 2.17. The van der Waals surface area contributed by atoms with E-state index in [9.17, 15) is 19.8 Å². The van der Waals surface area contributed by atoms with Gasteiger partial charge in [0.25, 0.3) is 0 Å². The Kier molecular flexibility index (Phi) is 39.2. The van der Waals surface area contributed by atoms with Crippen molar-refractivity contribution in [2.45, 2.75) is 251 Å². The van der Waals surface area contributed by atoms with E-state index in [-0.39, 0.29) is 24.9 Å². The molecule has 0 radical (unpaired) electrons. The number of allylic oxidation sites excluding steroid dienone is 4. The van der Waals surface area contributed by atoms with Gasteiger partial charge in [0.15, 0.2) is 0 Å². The van der Waals surface area contributed by atoms with Gasteiger partial charge in [0.05, 0.1) is 25.2 Å². The summed E-state index contributed by atoms with van der Waals surface area (Å²) in [5, 5.41) is 23.6. The smallest absolute Gasteiger partial charge is 0.306 e.